The molecule has 1 spiro atoms. The predicted octanol–water partition coefficient (Wildman–Crippen LogP) is 3.61. The Morgan fingerprint density at radius 1 is 1.15 bits per heavy atom. The summed E-state index contributed by atoms with van der Waals surface area (Å²) >= 11 is 0. The maximum Gasteiger partial charge on any atom is 0.223 e. The zero-order valence-electron chi connectivity index (χ0n) is 20.9. The smallest absolute Gasteiger partial charge is 0.223 e. The molecule has 0 unspecified atom stereocenters. The average molecular weight is 458 g/mol. The van der Waals surface area contributed by atoms with Crippen LogP contribution in [0, 0.1) is 11.8 Å². The molecule has 1 aliphatic carbocycles. The van der Waals surface area contributed by atoms with E-state index in [0.717, 1.165) is 71.5 Å². The van der Waals surface area contributed by atoms with Crippen LogP contribution in [0.4, 0.5) is 0 Å². The number of ether oxygens (including phenoxy) is 2. The maximum atomic E-state index is 13.5. The molecule has 0 aromatic heterocycles. The minimum Gasteiger partial charge on any atom is -0.348 e. The summed E-state index contributed by atoms with van der Waals surface area (Å²) in [6, 6.07) is 11.0. The third kappa shape index (κ3) is 6.36. The van der Waals surface area contributed by atoms with Crippen molar-refractivity contribution in [2.24, 2.45) is 11.8 Å². The fourth-order valence-corrected chi connectivity index (χ4v) is 6.18. The molecule has 1 saturated carbocycles. The molecule has 6 nitrogen and oxygen atoms in total. The molecule has 2 aliphatic heterocycles. The van der Waals surface area contributed by atoms with E-state index in [1.807, 2.05) is 6.07 Å². The van der Waals surface area contributed by atoms with Crippen LogP contribution in [-0.4, -0.2) is 85.9 Å². The highest BCUT2D eigenvalue weighted by atomic mass is 16.7. The maximum absolute atomic E-state index is 13.5. The van der Waals surface area contributed by atoms with Crippen molar-refractivity contribution in [2.45, 2.75) is 63.8 Å². The molecule has 0 N–H and O–H groups in total. The Morgan fingerprint density at radius 3 is 2.61 bits per heavy atom. The zero-order chi connectivity index (χ0) is 23.3. The van der Waals surface area contributed by atoms with Crippen molar-refractivity contribution in [2.75, 3.05) is 53.5 Å². The van der Waals surface area contributed by atoms with Crippen LogP contribution >= 0.6 is 0 Å². The van der Waals surface area contributed by atoms with E-state index in [0.29, 0.717) is 36.8 Å². The molecule has 1 aromatic rings. The van der Waals surface area contributed by atoms with Crippen LogP contribution in [0.1, 0.15) is 51.0 Å². The summed E-state index contributed by atoms with van der Waals surface area (Å²) in [7, 11) is 4.14. The minimum absolute atomic E-state index is 0.291. The Kier molecular flexibility index (Phi) is 8.44. The third-order valence-corrected chi connectivity index (χ3v) is 7.71. The van der Waals surface area contributed by atoms with Gasteiger partial charge in [0.25, 0.3) is 0 Å². The van der Waals surface area contributed by atoms with Crippen molar-refractivity contribution in [1.29, 1.82) is 0 Å². The standard InChI is InChI=1S/C27H43N3O3/c1-4-12-29-21-23(17-24-19-27(11-10-25(24)29)32-15-16-33-27)18-26(31)30(14-13-28(2)3)20-22-8-6-5-7-9-22/h5-9,23-25H,4,10-21H2,1-3H3/t23-,24-,25-/m1/s1. The molecule has 3 atom stereocenters. The number of carbonyl (C=O) groups is 1. The number of nitrogens with zero attached hydrogens (tertiary/aromatic N) is 3. The molecule has 2 saturated heterocycles. The van der Waals surface area contributed by atoms with E-state index < -0.39 is 0 Å². The lowest BCUT2D eigenvalue weighted by Gasteiger charge is -2.51. The molecule has 3 aliphatic rings. The number of likely N-dealkylation sites (tertiary alicyclic amines) is 1. The van der Waals surface area contributed by atoms with Gasteiger partial charge in [-0.3, -0.25) is 9.69 Å². The van der Waals surface area contributed by atoms with Crippen LogP contribution in [0.2, 0.25) is 0 Å². The van der Waals surface area contributed by atoms with Crippen molar-refractivity contribution >= 4 is 5.91 Å². The normalized spacial score (nSPS) is 27.1. The van der Waals surface area contributed by atoms with Gasteiger partial charge in [0.15, 0.2) is 5.79 Å². The van der Waals surface area contributed by atoms with Gasteiger partial charge in [-0.15, -0.1) is 0 Å². The van der Waals surface area contributed by atoms with Gasteiger partial charge in [-0.2, -0.15) is 0 Å². The number of likely N-dealkylation sites (N-methyl/N-ethyl adjacent to an activating group) is 1. The summed E-state index contributed by atoms with van der Waals surface area (Å²) < 4.78 is 12.2. The molecule has 33 heavy (non-hydrogen) atoms. The summed E-state index contributed by atoms with van der Waals surface area (Å²) in [6.45, 7) is 8.21. The third-order valence-electron chi connectivity index (χ3n) is 7.71. The first-order valence-corrected chi connectivity index (χ1v) is 13.0. The molecule has 4 rings (SSSR count). The van der Waals surface area contributed by atoms with Gasteiger partial charge in [-0.05, 0) is 57.3 Å². The number of benzene rings is 1. The van der Waals surface area contributed by atoms with Gasteiger partial charge in [-0.25, -0.2) is 0 Å². The number of fused-ring (bicyclic) bond motifs is 1. The van der Waals surface area contributed by atoms with E-state index in [4.69, 9.17) is 9.47 Å². The first-order chi connectivity index (χ1) is 16.0. The van der Waals surface area contributed by atoms with E-state index >= 15 is 0 Å². The Morgan fingerprint density at radius 2 is 1.91 bits per heavy atom. The molecule has 1 amide bonds. The topological polar surface area (TPSA) is 45.3 Å². The first kappa shape index (κ1) is 24.6. The van der Waals surface area contributed by atoms with Crippen molar-refractivity contribution in [3.63, 3.8) is 0 Å². The van der Waals surface area contributed by atoms with Gasteiger partial charge in [-0.1, -0.05) is 37.3 Å². The lowest BCUT2D eigenvalue weighted by molar-refractivity contribution is -0.203. The molecule has 0 radical (unpaired) electrons. The van der Waals surface area contributed by atoms with E-state index in [1.165, 1.54) is 5.56 Å². The average Bonchev–Trinajstić information content (AvgIpc) is 3.24. The van der Waals surface area contributed by atoms with E-state index in [1.54, 1.807) is 0 Å². The van der Waals surface area contributed by atoms with Crippen LogP contribution in [0.25, 0.3) is 0 Å². The van der Waals surface area contributed by atoms with Gasteiger partial charge < -0.3 is 19.3 Å². The van der Waals surface area contributed by atoms with Crippen LogP contribution < -0.4 is 0 Å². The number of rotatable bonds is 9. The molecule has 1 aromatic carbocycles. The Hall–Kier alpha value is -1.47. The summed E-state index contributed by atoms with van der Waals surface area (Å²) in [5.74, 6) is 0.897. The second-order valence-corrected chi connectivity index (χ2v) is 10.6. The van der Waals surface area contributed by atoms with Crippen molar-refractivity contribution in [1.82, 2.24) is 14.7 Å². The number of piperidine rings is 1. The fraction of sp³-hybridized carbons (Fsp3) is 0.741. The summed E-state index contributed by atoms with van der Waals surface area (Å²) in [4.78, 5) is 20.4. The largest absolute Gasteiger partial charge is 0.348 e. The van der Waals surface area contributed by atoms with Crippen molar-refractivity contribution < 1.29 is 14.3 Å². The highest BCUT2D eigenvalue weighted by Gasteiger charge is 2.49. The highest BCUT2D eigenvalue weighted by molar-refractivity contribution is 5.76. The Balaban J connectivity index is 1.42. The summed E-state index contributed by atoms with van der Waals surface area (Å²) in [5.41, 5.74) is 1.20. The minimum atomic E-state index is -0.351. The second kappa shape index (κ2) is 11.3. The van der Waals surface area contributed by atoms with Gasteiger partial charge in [0.05, 0.1) is 13.2 Å². The quantitative estimate of drug-likeness (QED) is 0.567. The molecule has 6 heteroatoms. The monoisotopic (exact) mass is 457 g/mol. The molecular formula is C27H43N3O3. The zero-order valence-corrected chi connectivity index (χ0v) is 20.9. The van der Waals surface area contributed by atoms with Crippen molar-refractivity contribution in [3.8, 4) is 0 Å². The number of hydrogen-bond acceptors (Lipinski definition) is 5. The fourth-order valence-electron chi connectivity index (χ4n) is 6.18. The number of hydrogen-bond donors (Lipinski definition) is 0. The predicted molar refractivity (Wildman–Crippen MR) is 131 cm³/mol. The lowest BCUT2D eigenvalue weighted by Crippen LogP contribution is -2.55. The number of carbonyl (C=O) groups excluding carboxylic acids is 1. The number of amides is 1. The van der Waals surface area contributed by atoms with Crippen LogP contribution in [0.15, 0.2) is 30.3 Å². The molecule has 0 bridgehead atoms. The molecule has 3 fully saturated rings. The molecule has 184 valence electrons. The summed E-state index contributed by atoms with van der Waals surface area (Å²) in [5, 5.41) is 0. The van der Waals surface area contributed by atoms with Crippen LogP contribution in [-0.2, 0) is 20.8 Å². The Labute approximate surface area is 200 Å². The summed E-state index contributed by atoms with van der Waals surface area (Å²) in [6.07, 6.45) is 6.04. The highest BCUT2D eigenvalue weighted by Crippen LogP contribution is 2.45. The van der Waals surface area contributed by atoms with Crippen LogP contribution in [0.5, 0.6) is 0 Å². The second-order valence-electron chi connectivity index (χ2n) is 10.6. The van der Waals surface area contributed by atoms with Gasteiger partial charge in [0, 0.05) is 51.5 Å². The molecule has 2 heterocycles. The van der Waals surface area contributed by atoms with Crippen LogP contribution in [0.3, 0.4) is 0 Å². The first-order valence-electron chi connectivity index (χ1n) is 13.0. The Bertz CT molecular complexity index is 750. The SMILES string of the molecule is CCCN1C[C@@H](CC(=O)N(CCN(C)C)Cc2ccccc2)C[C@@H]2CC3(CC[C@H]21)OCCO3. The van der Waals surface area contributed by atoms with E-state index in [9.17, 15) is 4.79 Å². The van der Waals surface area contributed by atoms with Gasteiger partial charge in [0.1, 0.15) is 0 Å². The van der Waals surface area contributed by atoms with E-state index in [-0.39, 0.29) is 5.79 Å². The van der Waals surface area contributed by atoms with Crippen molar-refractivity contribution in [3.05, 3.63) is 35.9 Å². The molecular weight excluding hydrogens is 414 g/mol. The lowest BCUT2D eigenvalue weighted by atomic mass is 9.72. The van der Waals surface area contributed by atoms with E-state index in [2.05, 4.69) is 60.0 Å². The van der Waals surface area contributed by atoms with Gasteiger partial charge >= 0.3 is 0 Å². The van der Waals surface area contributed by atoms with Gasteiger partial charge in [0.2, 0.25) is 5.91 Å².